The van der Waals surface area contributed by atoms with Crippen LogP contribution < -0.4 is 10.6 Å². The second-order valence-electron chi connectivity index (χ2n) is 5.63. The molecule has 1 aliphatic rings. The molecule has 1 aliphatic heterocycles. The molecule has 0 aliphatic carbocycles. The highest BCUT2D eigenvalue weighted by Gasteiger charge is 2.18. The summed E-state index contributed by atoms with van der Waals surface area (Å²) < 4.78 is 22.9. The predicted octanol–water partition coefficient (Wildman–Crippen LogP) is 2.39. The molecule has 1 unspecified atom stereocenters. The van der Waals surface area contributed by atoms with Crippen LogP contribution in [0.4, 0.5) is 5.69 Å². The summed E-state index contributed by atoms with van der Waals surface area (Å²) in [5, 5.41) is 6.90. The fourth-order valence-corrected chi connectivity index (χ4v) is 3.45. The third-order valence-corrected chi connectivity index (χ3v) is 5.14. The maximum absolute atomic E-state index is 11.5. The van der Waals surface area contributed by atoms with Crippen molar-refractivity contribution in [2.75, 3.05) is 24.7 Å². The molecule has 116 valence electrons. The van der Waals surface area contributed by atoms with Crippen LogP contribution in [0.3, 0.4) is 0 Å². The molecule has 0 aromatic heterocycles. The predicted molar refractivity (Wildman–Crippen MR) is 88.9 cm³/mol. The monoisotopic (exact) mass is 316 g/mol. The van der Waals surface area contributed by atoms with Crippen LogP contribution in [0.1, 0.15) is 17.2 Å². The normalized spacial score (nSPS) is 17.8. The summed E-state index contributed by atoms with van der Waals surface area (Å²) in [6.07, 6.45) is 2.29. The number of hydrogen-bond acceptors (Lipinski definition) is 4. The Hall–Kier alpha value is -1.85. The number of benzene rings is 2. The van der Waals surface area contributed by atoms with Crippen molar-refractivity contribution in [3.8, 4) is 0 Å². The first kappa shape index (κ1) is 15.1. The summed E-state index contributed by atoms with van der Waals surface area (Å²) in [6.45, 7) is 1.76. The average molecular weight is 316 g/mol. The van der Waals surface area contributed by atoms with Crippen LogP contribution in [0.2, 0.25) is 0 Å². The largest absolute Gasteiger partial charge is 0.383 e. The lowest BCUT2D eigenvalue weighted by Crippen LogP contribution is -2.34. The van der Waals surface area contributed by atoms with Gasteiger partial charge in [-0.2, -0.15) is 0 Å². The van der Waals surface area contributed by atoms with Gasteiger partial charge in [0.2, 0.25) is 0 Å². The van der Waals surface area contributed by atoms with Crippen LogP contribution in [0, 0.1) is 0 Å². The van der Waals surface area contributed by atoms with Gasteiger partial charge in [0.25, 0.3) is 0 Å². The fraction of sp³-hybridized carbons (Fsp3) is 0.294. The zero-order valence-corrected chi connectivity index (χ0v) is 13.4. The van der Waals surface area contributed by atoms with Crippen LogP contribution >= 0.6 is 0 Å². The van der Waals surface area contributed by atoms with Crippen molar-refractivity contribution >= 4 is 15.5 Å². The van der Waals surface area contributed by atoms with Crippen molar-refractivity contribution in [3.63, 3.8) is 0 Å². The molecule has 2 aromatic carbocycles. The van der Waals surface area contributed by atoms with Crippen molar-refractivity contribution < 1.29 is 8.42 Å². The summed E-state index contributed by atoms with van der Waals surface area (Å²) >= 11 is 0. The Balaban J connectivity index is 1.69. The minimum absolute atomic E-state index is 0.277. The van der Waals surface area contributed by atoms with Gasteiger partial charge in [-0.3, -0.25) is 0 Å². The van der Waals surface area contributed by atoms with Gasteiger partial charge in [-0.05, 0) is 48.4 Å². The number of nitrogens with one attached hydrogen (secondary N) is 2. The highest BCUT2D eigenvalue weighted by molar-refractivity contribution is 7.90. The minimum Gasteiger partial charge on any atom is -0.383 e. The van der Waals surface area contributed by atoms with Crippen LogP contribution in [0.25, 0.3) is 0 Å². The molecule has 5 heteroatoms. The Kier molecular flexibility index (Phi) is 4.18. The van der Waals surface area contributed by atoms with E-state index in [1.165, 1.54) is 17.4 Å². The molecule has 0 saturated carbocycles. The molecule has 0 bridgehead atoms. The van der Waals surface area contributed by atoms with E-state index in [0.717, 1.165) is 25.2 Å². The summed E-state index contributed by atoms with van der Waals surface area (Å²) in [5.41, 5.74) is 3.67. The number of anilines is 1. The van der Waals surface area contributed by atoms with Crippen molar-refractivity contribution in [1.82, 2.24) is 5.32 Å². The zero-order valence-electron chi connectivity index (χ0n) is 12.5. The summed E-state index contributed by atoms with van der Waals surface area (Å²) in [4.78, 5) is 0.346. The van der Waals surface area contributed by atoms with Gasteiger partial charge in [-0.1, -0.05) is 24.3 Å². The molecule has 1 heterocycles. The van der Waals surface area contributed by atoms with E-state index >= 15 is 0 Å². The van der Waals surface area contributed by atoms with E-state index in [9.17, 15) is 8.42 Å². The topological polar surface area (TPSA) is 58.2 Å². The fourth-order valence-electron chi connectivity index (χ4n) is 2.81. The molecule has 0 radical (unpaired) electrons. The van der Waals surface area contributed by atoms with Gasteiger partial charge in [0.15, 0.2) is 9.84 Å². The molecule has 0 fully saturated rings. The molecule has 0 spiro atoms. The molecular weight excluding hydrogens is 296 g/mol. The van der Waals surface area contributed by atoms with Crippen molar-refractivity contribution in [3.05, 3.63) is 59.7 Å². The summed E-state index contributed by atoms with van der Waals surface area (Å²) in [6, 6.07) is 15.7. The van der Waals surface area contributed by atoms with E-state index in [2.05, 4.69) is 34.9 Å². The second kappa shape index (κ2) is 6.10. The Bertz CT molecular complexity index is 754. The van der Waals surface area contributed by atoms with Crippen molar-refractivity contribution in [2.24, 2.45) is 0 Å². The first-order valence-electron chi connectivity index (χ1n) is 7.39. The third kappa shape index (κ3) is 3.31. The molecule has 22 heavy (non-hydrogen) atoms. The van der Waals surface area contributed by atoms with Crippen LogP contribution in [0.15, 0.2) is 53.4 Å². The average Bonchev–Trinajstić information content (AvgIpc) is 2.52. The Morgan fingerprint density at radius 1 is 1.14 bits per heavy atom. The first-order chi connectivity index (χ1) is 10.5. The van der Waals surface area contributed by atoms with E-state index in [-0.39, 0.29) is 6.04 Å². The lowest BCUT2D eigenvalue weighted by molar-refractivity contribution is 0.523. The molecule has 4 nitrogen and oxygen atoms in total. The Labute approximate surface area is 131 Å². The Morgan fingerprint density at radius 3 is 2.59 bits per heavy atom. The number of rotatable bonds is 4. The van der Waals surface area contributed by atoms with E-state index in [1.807, 2.05) is 12.1 Å². The van der Waals surface area contributed by atoms with E-state index in [0.29, 0.717) is 4.90 Å². The lowest BCUT2D eigenvalue weighted by Gasteiger charge is -2.27. The van der Waals surface area contributed by atoms with Crippen LogP contribution in [0.5, 0.6) is 0 Å². The summed E-state index contributed by atoms with van der Waals surface area (Å²) in [5.74, 6) is 0. The van der Waals surface area contributed by atoms with Crippen LogP contribution in [-0.4, -0.2) is 27.8 Å². The minimum atomic E-state index is -3.14. The standard InChI is InChI=1S/C17H20N2O2S/c1-22(20,21)15-8-6-14(7-9-15)19-12-17-16-5-3-2-4-13(16)10-11-18-17/h2-9,17-19H,10-12H2,1H3. The SMILES string of the molecule is CS(=O)(=O)c1ccc(NCC2NCCc3ccccc32)cc1. The van der Waals surface area contributed by atoms with Crippen molar-refractivity contribution in [1.29, 1.82) is 0 Å². The summed E-state index contributed by atoms with van der Waals surface area (Å²) in [7, 11) is -3.14. The van der Waals surface area contributed by atoms with Gasteiger partial charge >= 0.3 is 0 Å². The van der Waals surface area contributed by atoms with Gasteiger partial charge in [-0.25, -0.2) is 8.42 Å². The quantitative estimate of drug-likeness (QED) is 0.909. The maximum Gasteiger partial charge on any atom is 0.175 e. The highest BCUT2D eigenvalue weighted by Crippen LogP contribution is 2.23. The van der Waals surface area contributed by atoms with Crippen LogP contribution in [-0.2, 0) is 16.3 Å². The van der Waals surface area contributed by atoms with Crippen molar-refractivity contribution in [2.45, 2.75) is 17.4 Å². The highest BCUT2D eigenvalue weighted by atomic mass is 32.2. The first-order valence-corrected chi connectivity index (χ1v) is 9.28. The molecule has 0 saturated heterocycles. The molecular formula is C17H20N2O2S. The number of fused-ring (bicyclic) bond motifs is 1. The molecule has 0 amide bonds. The molecule has 2 N–H and O–H groups in total. The molecule has 3 rings (SSSR count). The lowest BCUT2D eigenvalue weighted by atomic mass is 9.94. The number of sulfone groups is 1. The molecule has 2 aromatic rings. The maximum atomic E-state index is 11.5. The third-order valence-electron chi connectivity index (χ3n) is 4.01. The van der Waals surface area contributed by atoms with E-state index in [4.69, 9.17) is 0 Å². The molecule has 1 atom stereocenters. The van der Waals surface area contributed by atoms with E-state index < -0.39 is 9.84 Å². The van der Waals surface area contributed by atoms with E-state index in [1.54, 1.807) is 12.1 Å². The van der Waals surface area contributed by atoms with Gasteiger partial charge in [0.05, 0.1) is 4.90 Å². The van der Waals surface area contributed by atoms with Gasteiger partial charge in [0.1, 0.15) is 0 Å². The van der Waals surface area contributed by atoms with Gasteiger partial charge in [-0.15, -0.1) is 0 Å². The zero-order chi connectivity index (χ0) is 15.6. The Morgan fingerprint density at radius 2 is 1.86 bits per heavy atom. The van der Waals surface area contributed by atoms with Gasteiger partial charge < -0.3 is 10.6 Å². The van der Waals surface area contributed by atoms with Gasteiger partial charge in [0, 0.05) is 24.5 Å². The number of hydrogen-bond donors (Lipinski definition) is 2. The second-order valence-corrected chi connectivity index (χ2v) is 7.65. The smallest absolute Gasteiger partial charge is 0.175 e.